The zero-order valence-corrected chi connectivity index (χ0v) is 5.38. The molecule has 1 atom stereocenters. The Morgan fingerprint density at radius 2 is 2.44 bits per heavy atom. The van der Waals surface area contributed by atoms with E-state index in [1.807, 2.05) is 0 Å². The lowest BCUT2D eigenvalue weighted by atomic mass is 9.97. The van der Waals surface area contributed by atoms with Crippen molar-refractivity contribution >= 4 is 0 Å². The van der Waals surface area contributed by atoms with Gasteiger partial charge in [-0.05, 0) is 18.4 Å². The Labute approximate surface area is 55.5 Å². The lowest BCUT2D eigenvalue weighted by Crippen LogP contribution is -2.82. The highest BCUT2D eigenvalue weighted by atomic mass is 14.9. The SMILES string of the molecule is C1=C[C-]2[NH2+]CCC2C=C1. The van der Waals surface area contributed by atoms with Crippen molar-refractivity contribution in [3.8, 4) is 0 Å². The fourth-order valence-corrected chi connectivity index (χ4v) is 1.51. The molecule has 0 bridgehead atoms. The van der Waals surface area contributed by atoms with Crippen LogP contribution in [0.15, 0.2) is 24.3 Å². The summed E-state index contributed by atoms with van der Waals surface area (Å²) in [7, 11) is 0. The number of hydrogen-bond acceptors (Lipinski definition) is 0. The first-order chi connectivity index (χ1) is 4.47. The van der Waals surface area contributed by atoms with Gasteiger partial charge in [-0.1, -0.05) is 0 Å². The Balaban J connectivity index is 2.18. The summed E-state index contributed by atoms with van der Waals surface area (Å²) in [6.07, 6.45) is 10.1. The first kappa shape index (κ1) is 5.12. The largest absolute Gasteiger partial charge is 0.388 e. The molecule has 0 radical (unpaired) electrons. The summed E-state index contributed by atoms with van der Waals surface area (Å²) in [5, 5.41) is 2.34. The molecule has 2 N–H and O–H groups in total. The maximum atomic E-state index is 2.34. The van der Waals surface area contributed by atoms with Gasteiger partial charge in [-0.25, -0.2) is 6.08 Å². The average molecular weight is 121 g/mol. The predicted octanol–water partition coefficient (Wildman–Crippen LogP) is 0.228. The smallest absolute Gasteiger partial charge is 0.0662 e. The third kappa shape index (κ3) is 0.775. The van der Waals surface area contributed by atoms with Crippen molar-refractivity contribution < 1.29 is 5.32 Å². The van der Waals surface area contributed by atoms with Gasteiger partial charge in [-0.15, -0.1) is 12.2 Å². The zero-order valence-electron chi connectivity index (χ0n) is 5.38. The van der Waals surface area contributed by atoms with E-state index in [4.69, 9.17) is 0 Å². The lowest BCUT2D eigenvalue weighted by molar-refractivity contribution is -0.618. The van der Waals surface area contributed by atoms with Crippen LogP contribution in [0, 0.1) is 12.0 Å². The number of nitrogens with two attached hydrogens (primary N) is 1. The second kappa shape index (κ2) is 1.92. The molecule has 0 saturated carbocycles. The molecule has 0 aromatic heterocycles. The van der Waals surface area contributed by atoms with E-state index in [9.17, 15) is 0 Å². The molecule has 1 aliphatic heterocycles. The molecule has 1 unspecified atom stereocenters. The van der Waals surface area contributed by atoms with Crippen LogP contribution in [-0.2, 0) is 0 Å². The van der Waals surface area contributed by atoms with Crippen LogP contribution in [0.4, 0.5) is 0 Å². The van der Waals surface area contributed by atoms with Gasteiger partial charge >= 0.3 is 0 Å². The van der Waals surface area contributed by atoms with Crippen molar-refractivity contribution in [1.29, 1.82) is 0 Å². The fraction of sp³-hybridized carbons (Fsp3) is 0.375. The van der Waals surface area contributed by atoms with Crippen LogP contribution < -0.4 is 5.32 Å². The number of quaternary nitrogens is 1. The third-order valence-electron chi connectivity index (χ3n) is 2.03. The molecule has 1 saturated heterocycles. The molecular formula is C8H11N. The molecule has 48 valence electrons. The van der Waals surface area contributed by atoms with Gasteiger partial charge in [0.2, 0.25) is 0 Å². The summed E-state index contributed by atoms with van der Waals surface area (Å²) in [4.78, 5) is 0. The highest BCUT2D eigenvalue weighted by Gasteiger charge is 2.19. The minimum Gasteiger partial charge on any atom is -0.388 e. The van der Waals surface area contributed by atoms with Gasteiger partial charge in [0.25, 0.3) is 0 Å². The fourth-order valence-electron chi connectivity index (χ4n) is 1.51. The Bertz CT molecular complexity index is 140. The zero-order chi connectivity index (χ0) is 6.10. The lowest BCUT2D eigenvalue weighted by Gasteiger charge is -2.18. The number of rotatable bonds is 0. The number of allylic oxidation sites excluding steroid dienone is 2. The predicted molar refractivity (Wildman–Crippen MR) is 36.4 cm³/mol. The Kier molecular flexibility index (Phi) is 1.09. The Morgan fingerprint density at radius 1 is 1.44 bits per heavy atom. The van der Waals surface area contributed by atoms with E-state index < -0.39 is 0 Å². The molecule has 1 heterocycles. The van der Waals surface area contributed by atoms with E-state index in [0.29, 0.717) is 0 Å². The van der Waals surface area contributed by atoms with Crippen molar-refractivity contribution in [3.63, 3.8) is 0 Å². The van der Waals surface area contributed by atoms with Gasteiger partial charge in [-0.3, -0.25) is 0 Å². The molecule has 1 aliphatic carbocycles. The monoisotopic (exact) mass is 121 g/mol. The third-order valence-corrected chi connectivity index (χ3v) is 2.03. The van der Waals surface area contributed by atoms with Crippen LogP contribution in [0.25, 0.3) is 0 Å². The van der Waals surface area contributed by atoms with Crippen LogP contribution in [0.2, 0.25) is 0 Å². The quantitative estimate of drug-likeness (QED) is 0.442. The van der Waals surface area contributed by atoms with Crippen molar-refractivity contribution in [3.05, 3.63) is 30.3 Å². The van der Waals surface area contributed by atoms with E-state index in [1.165, 1.54) is 19.0 Å². The van der Waals surface area contributed by atoms with Gasteiger partial charge in [0, 0.05) is 0 Å². The maximum Gasteiger partial charge on any atom is 0.0662 e. The molecule has 1 nitrogen and oxygen atoms in total. The van der Waals surface area contributed by atoms with E-state index in [0.717, 1.165) is 5.92 Å². The Hall–Kier alpha value is -0.690. The average Bonchev–Trinajstić information content (AvgIpc) is 2.33. The van der Waals surface area contributed by atoms with Crippen LogP contribution >= 0.6 is 0 Å². The summed E-state index contributed by atoms with van der Waals surface area (Å²) < 4.78 is 0. The van der Waals surface area contributed by atoms with Crippen molar-refractivity contribution in [2.75, 3.05) is 6.54 Å². The molecule has 2 rings (SSSR count). The maximum absolute atomic E-state index is 2.34. The van der Waals surface area contributed by atoms with Crippen LogP contribution in [0.3, 0.4) is 0 Å². The second-order valence-corrected chi connectivity index (χ2v) is 2.63. The van der Waals surface area contributed by atoms with Crippen molar-refractivity contribution in [2.24, 2.45) is 5.92 Å². The van der Waals surface area contributed by atoms with E-state index >= 15 is 0 Å². The standard InChI is InChI=1S/C8H11N/c1-2-4-8-7(3-1)5-6-9-8/h1-4,7H,5-6,9H2. The highest BCUT2D eigenvalue weighted by molar-refractivity contribution is 5.23. The molecule has 9 heavy (non-hydrogen) atoms. The summed E-state index contributed by atoms with van der Waals surface area (Å²) in [6, 6.07) is 1.53. The van der Waals surface area contributed by atoms with Crippen LogP contribution in [-0.4, -0.2) is 6.54 Å². The minimum absolute atomic E-state index is 0.759. The molecular weight excluding hydrogens is 110 g/mol. The van der Waals surface area contributed by atoms with Crippen LogP contribution in [0.5, 0.6) is 0 Å². The van der Waals surface area contributed by atoms with Gasteiger partial charge in [0.05, 0.1) is 6.54 Å². The first-order valence-corrected chi connectivity index (χ1v) is 3.52. The van der Waals surface area contributed by atoms with Gasteiger partial charge in [-0.2, -0.15) is 6.08 Å². The second-order valence-electron chi connectivity index (χ2n) is 2.63. The normalized spacial score (nSPS) is 31.1. The van der Waals surface area contributed by atoms with Crippen LogP contribution in [0.1, 0.15) is 6.42 Å². The van der Waals surface area contributed by atoms with Gasteiger partial charge < -0.3 is 5.32 Å². The topological polar surface area (TPSA) is 16.6 Å². The summed E-state index contributed by atoms with van der Waals surface area (Å²) in [5.41, 5.74) is 0. The van der Waals surface area contributed by atoms with E-state index in [-0.39, 0.29) is 0 Å². The molecule has 0 aromatic rings. The molecule has 0 spiro atoms. The minimum atomic E-state index is 0.759. The summed E-state index contributed by atoms with van der Waals surface area (Å²) >= 11 is 0. The molecule has 1 heteroatoms. The van der Waals surface area contributed by atoms with Crippen molar-refractivity contribution in [1.82, 2.24) is 0 Å². The van der Waals surface area contributed by atoms with E-state index in [1.54, 1.807) is 0 Å². The summed E-state index contributed by atoms with van der Waals surface area (Å²) in [6.45, 7) is 1.27. The number of hydrogen-bond donors (Lipinski definition) is 1. The van der Waals surface area contributed by atoms with Gasteiger partial charge in [0.1, 0.15) is 0 Å². The molecule has 0 amide bonds. The summed E-state index contributed by atoms with van der Waals surface area (Å²) in [5.74, 6) is 0.759. The van der Waals surface area contributed by atoms with E-state index in [2.05, 4.69) is 29.6 Å². The molecule has 0 aromatic carbocycles. The Morgan fingerprint density at radius 3 is 3.33 bits per heavy atom. The molecule has 1 fully saturated rings. The molecule has 2 aliphatic rings. The first-order valence-electron chi connectivity index (χ1n) is 3.52. The highest BCUT2D eigenvalue weighted by Crippen LogP contribution is 2.21. The number of fused-ring (bicyclic) bond motifs is 1. The van der Waals surface area contributed by atoms with Gasteiger partial charge in [0.15, 0.2) is 0 Å². The van der Waals surface area contributed by atoms with Crippen molar-refractivity contribution in [2.45, 2.75) is 6.42 Å².